The van der Waals surface area contributed by atoms with Gasteiger partial charge in [0.05, 0.1) is 23.7 Å². The first-order valence-corrected chi connectivity index (χ1v) is 14.1. The molecule has 1 saturated heterocycles. The van der Waals surface area contributed by atoms with Gasteiger partial charge in [0, 0.05) is 17.6 Å². The second-order valence-electron chi connectivity index (χ2n) is 11.6. The highest BCUT2D eigenvalue weighted by atomic mass is 16.4. The van der Waals surface area contributed by atoms with Crippen LogP contribution in [0.15, 0.2) is 36.5 Å². The number of nitrogens with zero attached hydrogens (tertiary/aromatic N) is 2. The first kappa shape index (κ1) is 31.5. The van der Waals surface area contributed by atoms with Crippen molar-refractivity contribution in [2.75, 3.05) is 6.54 Å². The predicted molar refractivity (Wildman–Crippen MR) is 154 cm³/mol. The van der Waals surface area contributed by atoms with Crippen LogP contribution >= 0.6 is 0 Å². The van der Waals surface area contributed by atoms with Gasteiger partial charge in [0.2, 0.25) is 5.91 Å². The third-order valence-electron chi connectivity index (χ3n) is 7.21. The number of carboxylic acids is 1. The Kier molecular flexibility index (Phi) is 10.8. The van der Waals surface area contributed by atoms with E-state index in [2.05, 4.69) is 20.9 Å². The number of para-hydroxylation sites is 1. The summed E-state index contributed by atoms with van der Waals surface area (Å²) in [5.41, 5.74) is 0.879. The molecule has 4 N–H and O–H groups in total. The van der Waals surface area contributed by atoms with E-state index in [9.17, 15) is 29.1 Å². The van der Waals surface area contributed by atoms with E-state index in [1.54, 1.807) is 31.3 Å². The number of carbonyl (C=O) groups is 5. The highest BCUT2D eigenvalue weighted by molar-refractivity contribution is 6.07. The van der Waals surface area contributed by atoms with Crippen molar-refractivity contribution in [1.29, 1.82) is 0 Å². The topological polar surface area (TPSA) is 158 Å². The number of likely N-dealkylation sites (tertiary alicyclic amines) is 1. The van der Waals surface area contributed by atoms with Crippen LogP contribution in [0.1, 0.15) is 70.7 Å². The SMILES string of the molecule is CC(C)CC(NC(=O)N1CC(=O)[C@@H](NC(=O)C(CC(C)C)NC(=O)c2cccc3cccnc23)CC[C@H]1C)C(=O)O. The van der Waals surface area contributed by atoms with Crippen molar-refractivity contribution in [2.24, 2.45) is 11.8 Å². The lowest BCUT2D eigenvalue weighted by Gasteiger charge is -2.28. The molecule has 2 aromatic rings. The minimum Gasteiger partial charge on any atom is -0.480 e. The van der Waals surface area contributed by atoms with Gasteiger partial charge in [-0.25, -0.2) is 9.59 Å². The Hall–Kier alpha value is -4.02. The molecule has 1 fully saturated rings. The number of amides is 4. The Bertz CT molecular complexity index is 1270. The number of benzene rings is 1. The normalized spacial score (nSPS) is 19.0. The number of aromatic nitrogens is 1. The Balaban J connectivity index is 1.70. The Labute approximate surface area is 240 Å². The number of rotatable bonds is 10. The molecule has 41 heavy (non-hydrogen) atoms. The van der Waals surface area contributed by atoms with Crippen LogP contribution in [-0.4, -0.2) is 75.3 Å². The summed E-state index contributed by atoms with van der Waals surface area (Å²) >= 11 is 0. The van der Waals surface area contributed by atoms with Crippen LogP contribution in [0.25, 0.3) is 10.9 Å². The number of carbonyl (C=O) groups excluding carboxylic acids is 4. The fourth-order valence-electron chi connectivity index (χ4n) is 5.01. The zero-order valence-corrected chi connectivity index (χ0v) is 24.3. The molecule has 1 aliphatic heterocycles. The number of Topliss-reactive ketones (excluding diaryl/α,β-unsaturated/α-hetero) is 1. The van der Waals surface area contributed by atoms with Crippen molar-refractivity contribution < 1.29 is 29.1 Å². The number of urea groups is 1. The number of pyridine rings is 1. The third kappa shape index (κ3) is 8.48. The van der Waals surface area contributed by atoms with Gasteiger partial charge >= 0.3 is 12.0 Å². The average molecular weight is 568 g/mol. The molecule has 11 nitrogen and oxygen atoms in total. The Morgan fingerprint density at radius 3 is 2.29 bits per heavy atom. The molecular weight excluding hydrogens is 526 g/mol. The van der Waals surface area contributed by atoms with Gasteiger partial charge < -0.3 is 26.0 Å². The summed E-state index contributed by atoms with van der Waals surface area (Å²) < 4.78 is 0. The second kappa shape index (κ2) is 14.0. The summed E-state index contributed by atoms with van der Waals surface area (Å²) in [7, 11) is 0. The Morgan fingerprint density at radius 1 is 0.976 bits per heavy atom. The van der Waals surface area contributed by atoms with Gasteiger partial charge in [-0.2, -0.15) is 0 Å². The van der Waals surface area contributed by atoms with Crippen molar-refractivity contribution in [1.82, 2.24) is 25.8 Å². The van der Waals surface area contributed by atoms with E-state index in [1.165, 1.54) is 4.90 Å². The summed E-state index contributed by atoms with van der Waals surface area (Å²) in [5, 5.41) is 18.5. The molecule has 1 aliphatic rings. The van der Waals surface area contributed by atoms with Gasteiger partial charge in [0.1, 0.15) is 12.1 Å². The Morgan fingerprint density at radius 2 is 1.63 bits per heavy atom. The largest absolute Gasteiger partial charge is 0.480 e. The molecule has 4 amide bonds. The fourth-order valence-corrected chi connectivity index (χ4v) is 5.01. The van der Waals surface area contributed by atoms with Gasteiger partial charge in [-0.1, -0.05) is 45.9 Å². The summed E-state index contributed by atoms with van der Waals surface area (Å²) in [6, 6.07) is 5.12. The number of nitrogens with one attached hydrogen (secondary N) is 3. The van der Waals surface area contributed by atoms with E-state index < -0.39 is 41.9 Å². The first-order chi connectivity index (χ1) is 19.4. The van der Waals surface area contributed by atoms with E-state index in [-0.39, 0.29) is 36.6 Å². The lowest BCUT2D eigenvalue weighted by molar-refractivity contribution is -0.139. The van der Waals surface area contributed by atoms with Crippen LogP contribution in [0.2, 0.25) is 0 Å². The van der Waals surface area contributed by atoms with E-state index in [4.69, 9.17) is 0 Å². The zero-order chi connectivity index (χ0) is 30.3. The van der Waals surface area contributed by atoms with Gasteiger partial charge in [0.25, 0.3) is 5.91 Å². The van der Waals surface area contributed by atoms with Crippen molar-refractivity contribution in [3.63, 3.8) is 0 Å². The number of carboxylic acid groups (broad SMARTS) is 1. The third-order valence-corrected chi connectivity index (χ3v) is 7.21. The smallest absolute Gasteiger partial charge is 0.326 e. The lowest BCUT2D eigenvalue weighted by atomic mass is 10.0. The minimum absolute atomic E-state index is 0.0512. The predicted octanol–water partition coefficient (Wildman–Crippen LogP) is 3.13. The van der Waals surface area contributed by atoms with Crippen LogP contribution < -0.4 is 16.0 Å². The molecule has 4 atom stereocenters. The van der Waals surface area contributed by atoms with E-state index in [0.29, 0.717) is 30.3 Å². The monoisotopic (exact) mass is 567 g/mol. The fraction of sp³-hybridized carbons (Fsp3) is 0.533. The molecule has 1 aromatic heterocycles. The van der Waals surface area contributed by atoms with E-state index in [1.807, 2.05) is 39.8 Å². The van der Waals surface area contributed by atoms with Crippen LogP contribution in [-0.2, 0) is 14.4 Å². The highest BCUT2D eigenvalue weighted by Gasteiger charge is 2.35. The molecule has 2 heterocycles. The summed E-state index contributed by atoms with van der Waals surface area (Å²) in [4.78, 5) is 70.1. The maximum absolute atomic E-state index is 13.4. The van der Waals surface area contributed by atoms with Crippen LogP contribution in [0.5, 0.6) is 0 Å². The molecule has 1 aromatic carbocycles. The van der Waals surface area contributed by atoms with Gasteiger partial charge in [-0.05, 0) is 56.6 Å². The number of ketones is 1. The van der Waals surface area contributed by atoms with E-state index >= 15 is 0 Å². The molecule has 2 unspecified atom stereocenters. The molecule has 0 radical (unpaired) electrons. The van der Waals surface area contributed by atoms with Crippen LogP contribution in [0, 0.1) is 11.8 Å². The molecule has 3 rings (SSSR count). The average Bonchev–Trinajstić information content (AvgIpc) is 3.05. The van der Waals surface area contributed by atoms with Crippen molar-refractivity contribution in [3.8, 4) is 0 Å². The first-order valence-electron chi connectivity index (χ1n) is 14.1. The second-order valence-corrected chi connectivity index (χ2v) is 11.6. The molecule has 0 spiro atoms. The van der Waals surface area contributed by atoms with Crippen molar-refractivity contribution in [2.45, 2.75) is 84.5 Å². The van der Waals surface area contributed by atoms with Crippen LogP contribution in [0.3, 0.4) is 0 Å². The minimum atomic E-state index is -1.14. The molecule has 0 aliphatic carbocycles. The molecule has 222 valence electrons. The van der Waals surface area contributed by atoms with Gasteiger partial charge in [-0.15, -0.1) is 0 Å². The van der Waals surface area contributed by atoms with Gasteiger partial charge in [0.15, 0.2) is 5.78 Å². The maximum Gasteiger partial charge on any atom is 0.326 e. The summed E-state index contributed by atoms with van der Waals surface area (Å²) in [5.74, 6) is -2.28. The van der Waals surface area contributed by atoms with Gasteiger partial charge in [-0.3, -0.25) is 19.4 Å². The number of aliphatic carboxylic acids is 1. The molecule has 0 bridgehead atoms. The lowest BCUT2D eigenvalue weighted by Crippen LogP contribution is -2.54. The highest BCUT2D eigenvalue weighted by Crippen LogP contribution is 2.19. The molecule has 11 heteroatoms. The zero-order valence-electron chi connectivity index (χ0n) is 24.3. The maximum atomic E-state index is 13.4. The van der Waals surface area contributed by atoms with Crippen LogP contribution in [0.4, 0.5) is 4.79 Å². The summed E-state index contributed by atoms with van der Waals surface area (Å²) in [6.45, 7) is 9.11. The number of hydrogen-bond donors (Lipinski definition) is 4. The molecule has 0 saturated carbocycles. The standard InChI is InChI=1S/C30H41N5O6/c1-17(2)14-23(33-27(37)21-10-6-8-20-9-7-13-31-26(20)21)28(38)32-22-12-11-19(5)35(16-25(22)36)30(41)34-24(29(39)40)15-18(3)4/h6-10,13,17-19,22-24H,11-12,14-16H2,1-5H3,(H,32,38)(H,33,37)(H,34,41)(H,39,40)/t19-,22+,23?,24?/m1/s1. The van der Waals surface area contributed by atoms with Crippen molar-refractivity contribution in [3.05, 3.63) is 42.1 Å². The van der Waals surface area contributed by atoms with Crippen molar-refractivity contribution >= 4 is 40.5 Å². The number of fused-ring (bicyclic) bond motifs is 1. The van der Waals surface area contributed by atoms with E-state index in [0.717, 1.165) is 5.39 Å². The summed E-state index contributed by atoms with van der Waals surface area (Å²) in [6.07, 6.45) is 2.95. The molecular formula is C30H41N5O6. The quantitative estimate of drug-likeness (QED) is 0.343. The number of hydrogen-bond acceptors (Lipinski definition) is 6.